The zero-order valence-electron chi connectivity index (χ0n) is 8.81. The molecule has 0 saturated carbocycles. The maximum atomic E-state index is 5.97. The molecule has 0 spiro atoms. The highest BCUT2D eigenvalue weighted by Crippen LogP contribution is 2.30. The molecule has 2 heteroatoms. The number of rotatable bonds is 1. The largest absolute Gasteiger partial charge is 0.398 e. The highest BCUT2D eigenvalue weighted by Gasteiger charge is 2.10. The third-order valence-corrected chi connectivity index (χ3v) is 2.54. The fourth-order valence-corrected chi connectivity index (χ4v) is 1.52. The van der Waals surface area contributed by atoms with Crippen LogP contribution in [0.4, 0.5) is 11.4 Å². The summed E-state index contributed by atoms with van der Waals surface area (Å²) in [4.78, 5) is 0. The molecule has 0 heterocycles. The van der Waals surface area contributed by atoms with E-state index in [1.54, 1.807) is 0 Å². The first-order valence-electron chi connectivity index (χ1n) is 4.60. The van der Waals surface area contributed by atoms with E-state index in [1.807, 2.05) is 13.8 Å². The molecule has 0 aliphatic carbocycles. The number of hydrogen-bond donors (Lipinski definition) is 2. The summed E-state index contributed by atoms with van der Waals surface area (Å²) in [7, 11) is 0. The van der Waals surface area contributed by atoms with Crippen LogP contribution in [0.1, 0.15) is 36.5 Å². The number of nitrogens with two attached hydrogens (primary N) is 2. The molecule has 0 aromatic heterocycles. The van der Waals surface area contributed by atoms with Crippen LogP contribution in [0.25, 0.3) is 0 Å². The molecule has 0 amide bonds. The lowest BCUT2D eigenvalue weighted by Crippen LogP contribution is -2.04. The minimum atomic E-state index is 0.456. The Bertz CT molecular complexity index is 327. The van der Waals surface area contributed by atoms with Crippen molar-refractivity contribution in [2.75, 3.05) is 11.5 Å². The monoisotopic (exact) mass is 178 g/mol. The van der Waals surface area contributed by atoms with Crippen LogP contribution in [0.2, 0.25) is 0 Å². The summed E-state index contributed by atoms with van der Waals surface area (Å²) >= 11 is 0. The van der Waals surface area contributed by atoms with Crippen LogP contribution < -0.4 is 11.5 Å². The SMILES string of the molecule is Cc1cc(C(C)C)c(N)c(C)c1N. The van der Waals surface area contributed by atoms with Crippen molar-refractivity contribution in [1.82, 2.24) is 0 Å². The van der Waals surface area contributed by atoms with E-state index in [4.69, 9.17) is 11.5 Å². The van der Waals surface area contributed by atoms with E-state index in [0.717, 1.165) is 22.5 Å². The van der Waals surface area contributed by atoms with Crippen LogP contribution in [0.15, 0.2) is 6.07 Å². The van der Waals surface area contributed by atoms with E-state index in [1.165, 1.54) is 5.56 Å². The Morgan fingerprint density at radius 2 is 1.62 bits per heavy atom. The smallest absolute Gasteiger partial charge is 0.0399 e. The van der Waals surface area contributed by atoms with Crippen molar-refractivity contribution in [3.05, 3.63) is 22.8 Å². The topological polar surface area (TPSA) is 52.0 Å². The van der Waals surface area contributed by atoms with Gasteiger partial charge in [-0.1, -0.05) is 19.9 Å². The Morgan fingerprint density at radius 1 is 1.08 bits per heavy atom. The zero-order chi connectivity index (χ0) is 10.2. The Hall–Kier alpha value is -1.18. The van der Waals surface area contributed by atoms with Crippen molar-refractivity contribution in [2.45, 2.75) is 33.6 Å². The van der Waals surface area contributed by atoms with Crippen molar-refractivity contribution in [3.63, 3.8) is 0 Å². The molecule has 1 aromatic carbocycles. The second-order valence-corrected chi connectivity index (χ2v) is 3.89. The highest BCUT2D eigenvalue weighted by atomic mass is 14.6. The van der Waals surface area contributed by atoms with Gasteiger partial charge in [0.1, 0.15) is 0 Å². The molecule has 0 atom stereocenters. The van der Waals surface area contributed by atoms with Crippen molar-refractivity contribution >= 4 is 11.4 Å². The van der Waals surface area contributed by atoms with Gasteiger partial charge in [-0.05, 0) is 36.5 Å². The molecule has 0 aliphatic rings. The van der Waals surface area contributed by atoms with Crippen molar-refractivity contribution in [2.24, 2.45) is 0 Å². The molecule has 1 aromatic rings. The van der Waals surface area contributed by atoms with E-state index in [0.29, 0.717) is 5.92 Å². The predicted molar refractivity (Wildman–Crippen MR) is 58.8 cm³/mol. The summed E-state index contributed by atoms with van der Waals surface area (Å²) in [5.74, 6) is 0.456. The first kappa shape index (κ1) is 9.90. The molecule has 0 saturated heterocycles. The molecule has 0 fully saturated rings. The van der Waals surface area contributed by atoms with Gasteiger partial charge >= 0.3 is 0 Å². The number of hydrogen-bond acceptors (Lipinski definition) is 2. The van der Waals surface area contributed by atoms with Gasteiger partial charge in [0.15, 0.2) is 0 Å². The molecular weight excluding hydrogens is 160 g/mol. The van der Waals surface area contributed by atoms with E-state index in [2.05, 4.69) is 19.9 Å². The molecule has 2 nitrogen and oxygen atoms in total. The first-order valence-corrected chi connectivity index (χ1v) is 4.60. The summed E-state index contributed by atoms with van der Waals surface area (Å²) in [6, 6.07) is 2.09. The summed E-state index contributed by atoms with van der Waals surface area (Å²) in [6.45, 7) is 8.28. The molecule has 1 rings (SSSR count). The van der Waals surface area contributed by atoms with Gasteiger partial charge in [-0.3, -0.25) is 0 Å². The normalized spacial score (nSPS) is 10.8. The van der Waals surface area contributed by atoms with Gasteiger partial charge in [-0.25, -0.2) is 0 Å². The Kier molecular flexibility index (Phi) is 2.50. The molecular formula is C11H18N2. The lowest BCUT2D eigenvalue weighted by molar-refractivity contribution is 0.867. The lowest BCUT2D eigenvalue weighted by atomic mass is 9.95. The van der Waals surface area contributed by atoms with Gasteiger partial charge in [0.2, 0.25) is 0 Å². The van der Waals surface area contributed by atoms with Gasteiger partial charge in [0.05, 0.1) is 0 Å². The van der Waals surface area contributed by atoms with E-state index < -0.39 is 0 Å². The van der Waals surface area contributed by atoms with Crippen LogP contribution >= 0.6 is 0 Å². The van der Waals surface area contributed by atoms with E-state index in [9.17, 15) is 0 Å². The maximum Gasteiger partial charge on any atom is 0.0399 e. The van der Waals surface area contributed by atoms with E-state index in [-0.39, 0.29) is 0 Å². The van der Waals surface area contributed by atoms with Gasteiger partial charge in [0.25, 0.3) is 0 Å². The summed E-state index contributed by atoms with van der Waals surface area (Å²) in [5.41, 5.74) is 16.8. The predicted octanol–water partition coefficient (Wildman–Crippen LogP) is 2.59. The quantitative estimate of drug-likeness (QED) is 0.649. The molecule has 0 aliphatic heterocycles. The number of anilines is 2. The Labute approximate surface area is 79.9 Å². The second-order valence-electron chi connectivity index (χ2n) is 3.89. The van der Waals surface area contributed by atoms with Gasteiger partial charge in [-0.2, -0.15) is 0 Å². The second kappa shape index (κ2) is 3.29. The molecule has 0 radical (unpaired) electrons. The molecule has 13 heavy (non-hydrogen) atoms. The van der Waals surface area contributed by atoms with Gasteiger partial charge < -0.3 is 11.5 Å². The highest BCUT2D eigenvalue weighted by molar-refractivity contribution is 5.68. The number of aryl methyl sites for hydroxylation is 1. The van der Waals surface area contributed by atoms with Crippen molar-refractivity contribution in [3.8, 4) is 0 Å². The van der Waals surface area contributed by atoms with Crippen LogP contribution in [0.5, 0.6) is 0 Å². The first-order chi connectivity index (χ1) is 5.95. The van der Waals surface area contributed by atoms with Crippen molar-refractivity contribution < 1.29 is 0 Å². The number of benzene rings is 1. The molecule has 0 unspecified atom stereocenters. The third-order valence-electron chi connectivity index (χ3n) is 2.54. The minimum Gasteiger partial charge on any atom is -0.398 e. The Balaban J connectivity index is 3.41. The average molecular weight is 178 g/mol. The summed E-state index contributed by atoms with van der Waals surface area (Å²) in [6.07, 6.45) is 0. The van der Waals surface area contributed by atoms with Gasteiger partial charge in [-0.15, -0.1) is 0 Å². The fraction of sp³-hybridized carbons (Fsp3) is 0.455. The minimum absolute atomic E-state index is 0.456. The molecule has 4 N–H and O–H groups in total. The van der Waals surface area contributed by atoms with Crippen LogP contribution in [-0.4, -0.2) is 0 Å². The molecule has 72 valence electrons. The number of nitrogen functional groups attached to an aromatic ring is 2. The summed E-state index contributed by atoms with van der Waals surface area (Å²) < 4.78 is 0. The standard InChI is InChI=1S/C11H18N2/c1-6(2)9-5-7(3)10(12)8(4)11(9)13/h5-6H,12-13H2,1-4H3. The Morgan fingerprint density at radius 3 is 2.08 bits per heavy atom. The fourth-order valence-electron chi connectivity index (χ4n) is 1.52. The van der Waals surface area contributed by atoms with Crippen LogP contribution in [0.3, 0.4) is 0 Å². The van der Waals surface area contributed by atoms with Crippen LogP contribution in [-0.2, 0) is 0 Å². The molecule has 0 bridgehead atoms. The summed E-state index contributed by atoms with van der Waals surface area (Å²) in [5, 5.41) is 0. The van der Waals surface area contributed by atoms with E-state index >= 15 is 0 Å². The zero-order valence-corrected chi connectivity index (χ0v) is 8.81. The lowest BCUT2D eigenvalue weighted by Gasteiger charge is -2.15. The third kappa shape index (κ3) is 1.62. The van der Waals surface area contributed by atoms with Gasteiger partial charge in [0, 0.05) is 11.4 Å². The maximum absolute atomic E-state index is 5.97. The average Bonchev–Trinajstić information content (AvgIpc) is 2.07. The van der Waals surface area contributed by atoms with Crippen LogP contribution in [0, 0.1) is 13.8 Å². The van der Waals surface area contributed by atoms with Crippen molar-refractivity contribution in [1.29, 1.82) is 0 Å².